The van der Waals surface area contributed by atoms with Crippen LogP contribution in [0.15, 0.2) is 88.1 Å². The van der Waals surface area contributed by atoms with E-state index in [4.69, 9.17) is 0 Å². The first-order valence-electron chi connectivity index (χ1n) is 9.71. The number of aromatic nitrogens is 4. The van der Waals surface area contributed by atoms with Crippen LogP contribution in [0.5, 0.6) is 0 Å². The Morgan fingerprint density at radius 1 is 1.03 bits per heavy atom. The molecule has 3 heterocycles. The molecule has 0 amide bonds. The predicted molar refractivity (Wildman–Crippen MR) is 120 cm³/mol. The lowest BCUT2D eigenvalue weighted by Gasteiger charge is -2.17. The summed E-state index contributed by atoms with van der Waals surface area (Å²) < 4.78 is 29.6. The fraction of sp³-hybridized carbons (Fsp3) is 0.0455. The van der Waals surface area contributed by atoms with Crippen molar-refractivity contribution in [2.75, 3.05) is 0 Å². The minimum Gasteiger partial charge on any atom is -0.317 e. The van der Waals surface area contributed by atoms with E-state index in [0.717, 1.165) is 15.9 Å². The number of non-ortho nitro benzene ring substituents is 1. The average Bonchev–Trinajstić information content (AvgIpc) is 3.46. The Labute approximate surface area is 190 Å². The molecule has 0 fully saturated rings. The molecular weight excluding hydrogens is 450 g/mol. The van der Waals surface area contributed by atoms with E-state index in [1.54, 1.807) is 22.9 Å². The zero-order valence-corrected chi connectivity index (χ0v) is 17.6. The maximum atomic E-state index is 13.4. The second-order valence-electron chi connectivity index (χ2n) is 6.96. The highest BCUT2D eigenvalue weighted by molar-refractivity contribution is 8.04. The van der Waals surface area contributed by atoms with E-state index >= 15 is 0 Å². The molecule has 4 aromatic rings. The van der Waals surface area contributed by atoms with Gasteiger partial charge in [-0.05, 0) is 36.0 Å². The van der Waals surface area contributed by atoms with Crippen LogP contribution in [0.2, 0.25) is 0 Å². The summed E-state index contributed by atoms with van der Waals surface area (Å²) in [4.78, 5) is 11.4. The van der Waals surface area contributed by atoms with Gasteiger partial charge in [0.25, 0.3) is 12.1 Å². The van der Waals surface area contributed by atoms with Gasteiger partial charge in [0.05, 0.1) is 10.6 Å². The summed E-state index contributed by atoms with van der Waals surface area (Å²) >= 11 is 1.17. The van der Waals surface area contributed by atoms with Gasteiger partial charge in [-0.25, -0.2) is 8.78 Å². The van der Waals surface area contributed by atoms with E-state index in [0.29, 0.717) is 16.3 Å². The van der Waals surface area contributed by atoms with Crippen LogP contribution < -0.4 is 0 Å². The molecule has 0 spiro atoms. The van der Waals surface area contributed by atoms with E-state index in [1.165, 1.54) is 23.9 Å². The molecule has 1 aliphatic heterocycles. The second-order valence-corrected chi connectivity index (χ2v) is 7.97. The third-order valence-corrected chi connectivity index (χ3v) is 5.86. The maximum Gasteiger partial charge on any atom is 0.299 e. The molecule has 164 valence electrons. The zero-order chi connectivity index (χ0) is 22.9. The molecule has 2 aromatic heterocycles. The molecular formula is C22H14F2N6O2S. The van der Waals surface area contributed by atoms with E-state index in [1.807, 2.05) is 48.5 Å². The molecule has 0 unspecified atom stereocenters. The minimum absolute atomic E-state index is 0.0222. The average molecular weight is 464 g/mol. The summed E-state index contributed by atoms with van der Waals surface area (Å²) in [5.74, 6) is -0.523. The first-order valence-corrected chi connectivity index (χ1v) is 10.5. The van der Waals surface area contributed by atoms with E-state index in [2.05, 4.69) is 15.3 Å². The Morgan fingerprint density at radius 2 is 1.85 bits per heavy atom. The lowest BCUT2D eigenvalue weighted by Crippen LogP contribution is -2.14. The third-order valence-electron chi connectivity index (χ3n) is 4.89. The normalized spacial score (nSPS) is 14.4. The van der Waals surface area contributed by atoms with Crippen molar-refractivity contribution in [3.63, 3.8) is 0 Å². The van der Waals surface area contributed by atoms with Crippen LogP contribution in [0.1, 0.15) is 23.5 Å². The van der Waals surface area contributed by atoms with Crippen molar-refractivity contribution in [3.05, 3.63) is 105 Å². The summed E-state index contributed by atoms with van der Waals surface area (Å²) in [5.41, 5.74) is 2.55. The van der Waals surface area contributed by atoms with Gasteiger partial charge in [-0.15, -0.1) is 10.2 Å². The van der Waals surface area contributed by atoms with Gasteiger partial charge in [-0.2, -0.15) is 9.78 Å². The fourth-order valence-electron chi connectivity index (χ4n) is 3.40. The fourth-order valence-corrected chi connectivity index (χ4v) is 4.33. The molecule has 5 rings (SSSR count). The van der Waals surface area contributed by atoms with Crippen molar-refractivity contribution in [2.24, 2.45) is 5.10 Å². The summed E-state index contributed by atoms with van der Waals surface area (Å²) in [6.07, 6.45) is 0.815. The van der Waals surface area contributed by atoms with Crippen LogP contribution in [-0.2, 0) is 0 Å². The van der Waals surface area contributed by atoms with Crippen LogP contribution in [0.25, 0.3) is 11.8 Å². The largest absolute Gasteiger partial charge is 0.317 e. The number of hydrogen-bond acceptors (Lipinski definition) is 6. The second kappa shape index (κ2) is 8.43. The lowest BCUT2D eigenvalue weighted by atomic mass is 10.1. The smallest absolute Gasteiger partial charge is 0.299 e. The predicted octanol–water partition coefficient (Wildman–Crippen LogP) is 5.31. The SMILES string of the molecule is O=[N+]([O-])c1cccc(-n2cccc2/C=C2\Sc3nnc(C(F)F)n3N=C2c2ccccc2)c1. The van der Waals surface area contributed by atoms with Crippen LogP contribution in [0.4, 0.5) is 14.5 Å². The quantitative estimate of drug-likeness (QED) is 0.295. The molecule has 0 saturated carbocycles. The maximum absolute atomic E-state index is 13.4. The highest BCUT2D eigenvalue weighted by Gasteiger charge is 2.28. The van der Waals surface area contributed by atoms with Gasteiger partial charge in [0.2, 0.25) is 11.0 Å². The topological polar surface area (TPSA) is 91.1 Å². The number of hydrogen-bond donors (Lipinski definition) is 0. The zero-order valence-electron chi connectivity index (χ0n) is 16.7. The number of nitro benzene ring substituents is 1. The molecule has 0 atom stereocenters. The van der Waals surface area contributed by atoms with E-state index < -0.39 is 17.2 Å². The molecule has 0 N–H and O–H groups in total. The first kappa shape index (κ1) is 20.8. The van der Waals surface area contributed by atoms with Crippen LogP contribution in [0, 0.1) is 10.1 Å². The molecule has 1 aliphatic rings. The van der Waals surface area contributed by atoms with Crippen molar-refractivity contribution in [1.82, 2.24) is 19.4 Å². The summed E-state index contributed by atoms with van der Waals surface area (Å²) in [6, 6.07) is 19.1. The molecule has 0 aliphatic carbocycles. The minimum atomic E-state index is -2.82. The van der Waals surface area contributed by atoms with Gasteiger partial charge in [0.1, 0.15) is 5.71 Å². The monoisotopic (exact) mass is 464 g/mol. The summed E-state index contributed by atoms with van der Waals surface area (Å²) in [6.45, 7) is 0. The van der Waals surface area contributed by atoms with E-state index in [9.17, 15) is 18.9 Å². The van der Waals surface area contributed by atoms with Gasteiger partial charge in [-0.3, -0.25) is 10.1 Å². The van der Waals surface area contributed by atoms with Crippen molar-refractivity contribution in [3.8, 4) is 5.69 Å². The Morgan fingerprint density at radius 3 is 2.61 bits per heavy atom. The highest BCUT2D eigenvalue weighted by Crippen LogP contribution is 2.36. The molecule has 11 heteroatoms. The van der Waals surface area contributed by atoms with Crippen LogP contribution in [0.3, 0.4) is 0 Å². The number of nitro groups is 1. The van der Waals surface area contributed by atoms with Gasteiger partial charge >= 0.3 is 0 Å². The van der Waals surface area contributed by atoms with Crippen LogP contribution in [-0.4, -0.2) is 30.1 Å². The number of halogens is 2. The summed E-state index contributed by atoms with van der Waals surface area (Å²) in [5, 5.41) is 23.3. The molecule has 2 aromatic carbocycles. The van der Waals surface area contributed by atoms with Crippen molar-refractivity contribution in [1.29, 1.82) is 0 Å². The summed E-state index contributed by atoms with van der Waals surface area (Å²) in [7, 11) is 0. The number of nitrogens with zero attached hydrogens (tertiary/aromatic N) is 6. The molecule has 0 radical (unpaired) electrons. The molecule has 8 nitrogen and oxygen atoms in total. The lowest BCUT2D eigenvalue weighted by molar-refractivity contribution is -0.384. The Balaban J connectivity index is 1.63. The Bertz CT molecular complexity index is 1410. The van der Waals surface area contributed by atoms with Gasteiger partial charge < -0.3 is 4.57 Å². The number of fused-ring (bicyclic) bond motifs is 1. The number of allylic oxidation sites excluding steroid dienone is 1. The number of thioether (sulfide) groups is 1. The first-order chi connectivity index (χ1) is 16.0. The standard InChI is InChI=1S/C22H14F2N6O2S/c23-20(24)21-25-26-22-29(21)27-19(14-6-2-1-3-7-14)18(33-22)13-16-10-5-11-28(16)15-8-4-9-17(12-15)30(31)32/h1-13,20H/b18-13-. The van der Waals surface area contributed by atoms with Crippen molar-refractivity contribution < 1.29 is 13.7 Å². The number of rotatable bonds is 5. The third kappa shape index (κ3) is 3.94. The van der Waals surface area contributed by atoms with Gasteiger partial charge in [-0.1, -0.05) is 36.4 Å². The molecule has 0 saturated heterocycles. The Kier molecular flexibility index (Phi) is 5.31. The Hall–Kier alpha value is -4.12. The van der Waals surface area contributed by atoms with E-state index in [-0.39, 0.29) is 10.8 Å². The van der Waals surface area contributed by atoms with Crippen molar-refractivity contribution in [2.45, 2.75) is 11.6 Å². The van der Waals surface area contributed by atoms with Crippen LogP contribution >= 0.6 is 11.8 Å². The van der Waals surface area contributed by atoms with Gasteiger partial charge in [0.15, 0.2) is 0 Å². The molecule has 0 bridgehead atoms. The highest BCUT2D eigenvalue weighted by atomic mass is 32.2. The van der Waals surface area contributed by atoms with Crippen molar-refractivity contribution >= 4 is 29.2 Å². The number of benzene rings is 2. The van der Waals surface area contributed by atoms with Gasteiger partial charge in [0, 0.05) is 34.5 Å². The number of alkyl halides is 2. The molecule has 33 heavy (non-hydrogen) atoms.